The summed E-state index contributed by atoms with van der Waals surface area (Å²) in [5, 5.41) is 6.74. The Labute approximate surface area is 263 Å². The van der Waals surface area contributed by atoms with E-state index in [-0.39, 0.29) is 9.79 Å². The second-order valence-corrected chi connectivity index (χ2v) is 12.1. The molecule has 2 N–H and O–H groups in total. The van der Waals surface area contributed by atoms with E-state index in [1.807, 2.05) is 121 Å². The van der Waals surface area contributed by atoms with Crippen molar-refractivity contribution in [2.45, 2.75) is 9.79 Å². The lowest BCUT2D eigenvalue weighted by molar-refractivity contribution is 0.596. The number of amidine groups is 2. The fraction of sp³-hybridized carbons (Fsp3) is 0. The lowest BCUT2D eigenvalue weighted by Crippen LogP contribution is -2.14. The van der Waals surface area contributed by atoms with E-state index in [4.69, 9.17) is 9.98 Å². The molecule has 0 spiro atoms. The molecule has 0 aromatic heterocycles. The van der Waals surface area contributed by atoms with Gasteiger partial charge in [0, 0.05) is 22.5 Å². The molecular formula is C38H30N4O2S. The predicted molar refractivity (Wildman–Crippen MR) is 184 cm³/mol. The predicted octanol–water partition coefficient (Wildman–Crippen LogP) is 8.90. The summed E-state index contributed by atoms with van der Waals surface area (Å²) in [5.41, 5.74) is 4.83. The van der Waals surface area contributed by atoms with Crippen LogP contribution in [0.3, 0.4) is 0 Å². The summed E-state index contributed by atoms with van der Waals surface area (Å²) in [6.07, 6.45) is 0. The van der Waals surface area contributed by atoms with E-state index in [0.717, 1.165) is 33.9 Å². The van der Waals surface area contributed by atoms with Crippen LogP contribution in [0.5, 0.6) is 0 Å². The van der Waals surface area contributed by atoms with Crippen molar-refractivity contribution >= 4 is 44.3 Å². The molecule has 6 rings (SSSR count). The minimum atomic E-state index is -3.78. The number of hydrogen-bond acceptors (Lipinski definition) is 4. The molecule has 0 atom stereocenters. The number of sulfone groups is 1. The SMILES string of the molecule is O=S(=O)(c1ccc(C(=Nc2ccccc2)Nc2ccccc2)cc1)c1ccc(C(=Nc2ccccc2)Nc2ccccc2)cc1. The fourth-order valence-electron chi connectivity index (χ4n) is 4.63. The maximum absolute atomic E-state index is 13.7. The van der Waals surface area contributed by atoms with Crippen LogP contribution in [0.4, 0.5) is 22.7 Å². The Morgan fingerprint density at radius 3 is 1.04 bits per heavy atom. The van der Waals surface area contributed by atoms with Gasteiger partial charge in [0.15, 0.2) is 0 Å². The first-order valence-corrected chi connectivity index (χ1v) is 15.9. The molecule has 0 aliphatic rings. The maximum atomic E-state index is 13.7. The molecule has 0 saturated heterocycles. The summed E-state index contributed by atoms with van der Waals surface area (Å²) in [5.74, 6) is 1.22. The number of nitrogens with one attached hydrogen (secondary N) is 2. The Morgan fingerprint density at radius 2 is 0.711 bits per heavy atom. The molecular weight excluding hydrogens is 577 g/mol. The average molecular weight is 607 g/mol. The van der Waals surface area contributed by atoms with E-state index < -0.39 is 9.84 Å². The Kier molecular flexibility index (Phi) is 8.90. The highest BCUT2D eigenvalue weighted by Gasteiger charge is 2.19. The highest BCUT2D eigenvalue weighted by molar-refractivity contribution is 7.91. The van der Waals surface area contributed by atoms with Crippen LogP contribution in [0.15, 0.2) is 190 Å². The van der Waals surface area contributed by atoms with Gasteiger partial charge in [-0.25, -0.2) is 18.4 Å². The molecule has 0 aliphatic heterocycles. The van der Waals surface area contributed by atoms with Gasteiger partial charge in [0.1, 0.15) is 11.7 Å². The molecule has 7 heteroatoms. The molecule has 0 fully saturated rings. The number of para-hydroxylation sites is 4. The van der Waals surface area contributed by atoms with Crippen LogP contribution in [0, 0.1) is 0 Å². The Bertz CT molecular complexity index is 1870. The van der Waals surface area contributed by atoms with Gasteiger partial charge in [0.05, 0.1) is 21.2 Å². The third kappa shape index (κ3) is 7.41. The number of hydrogen-bond donors (Lipinski definition) is 2. The molecule has 0 radical (unpaired) electrons. The van der Waals surface area contributed by atoms with Crippen LogP contribution in [-0.2, 0) is 9.84 Å². The molecule has 220 valence electrons. The molecule has 6 aromatic carbocycles. The van der Waals surface area contributed by atoms with E-state index in [1.54, 1.807) is 48.5 Å². The molecule has 6 aromatic rings. The highest BCUT2D eigenvalue weighted by Crippen LogP contribution is 2.24. The first kappa shape index (κ1) is 29.3. The van der Waals surface area contributed by atoms with Gasteiger partial charge in [-0.2, -0.15) is 0 Å². The van der Waals surface area contributed by atoms with Gasteiger partial charge in [0.25, 0.3) is 0 Å². The fourth-order valence-corrected chi connectivity index (χ4v) is 5.89. The molecule has 0 saturated carbocycles. The van der Waals surface area contributed by atoms with Crippen LogP contribution < -0.4 is 10.6 Å². The highest BCUT2D eigenvalue weighted by atomic mass is 32.2. The molecule has 0 heterocycles. The normalized spacial score (nSPS) is 12.0. The number of nitrogens with zero attached hydrogens (tertiary/aromatic N) is 2. The minimum Gasteiger partial charge on any atom is -0.340 e. The van der Waals surface area contributed by atoms with Crippen molar-refractivity contribution in [3.63, 3.8) is 0 Å². The third-order valence-electron chi connectivity index (χ3n) is 6.94. The van der Waals surface area contributed by atoms with Crippen LogP contribution in [0.1, 0.15) is 11.1 Å². The van der Waals surface area contributed by atoms with E-state index in [1.165, 1.54) is 0 Å². The number of benzene rings is 6. The van der Waals surface area contributed by atoms with Crippen molar-refractivity contribution < 1.29 is 8.42 Å². The zero-order chi connectivity index (χ0) is 30.9. The van der Waals surface area contributed by atoms with Crippen LogP contribution >= 0.6 is 0 Å². The van der Waals surface area contributed by atoms with E-state index in [2.05, 4.69) is 10.6 Å². The molecule has 45 heavy (non-hydrogen) atoms. The van der Waals surface area contributed by atoms with E-state index >= 15 is 0 Å². The van der Waals surface area contributed by atoms with Gasteiger partial charge in [-0.3, -0.25) is 0 Å². The lowest BCUT2D eigenvalue weighted by Gasteiger charge is -2.13. The maximum Gasteiger partial charge on any atom is 0.206 e. The molecule has 0 unspecified atom stereocenters. The second kappa shape index (κ2) is 13.7. The van der Waals surface area contributed by atoms with Crippen molar-refractivity contribution in [3.05, 3.63) is 181 Å². The summed E-state index contributed by atoms with van der Waals surface area (Å²) >= 11 is 0. The second-order valence-electron chi connectivity index (χ2n) is 10.1. The third-order valence-corrected chi connectivity index (χ3v) is 8.73. The van der Waals surface area contributed by atoms with Crippen LogP contribution in [0.25, 0.3) is 0 Å². The van der Waals surface area contributed by atoms with Crippen LogP contribution in [0.2, 0.25) is 0 Å². The van der Waals surface area contributed by atoms with Gasteiger partial charge >= 0.3 is 0 Å². The standard InChI is InChI=1S/C38H30N4O2S/c43-45(44,35-25-21-29(22-26-35)37(39-31-13-5-1-6-14-31)40-32-15-7-2-8-16-32)36-27-23-30(24-28-36)38(41-33-17-9-3-10-18-33)42-34-19-11-4-12-20-34/h1-28H,(H,39,40)(H,41,42). The summed E-state index contributed by atoms with van der Waals surface area (Å²) in [6, 6.07) is 52.3. The lowest BCUT2D eigenvalue weighted by atomic mass is 10.2. The molecule has 0 amide bonds. The summed E-state index contributed by atoms with van der Waals surface area (Å²) in [6.45, 7) is 0. The van der Waals surface area contributed by atoms with Crippen molar-refractivity contribution in [2.24, 2.45) is 9.98 Å². The average Bonchev–Trinajstić information content (AvgIpc) is 3.10. The first-order valence-electron chi connectivity index (χ1n) is 14.4. The van der Waals surface area contributed by atoms with Crippen molar-refractivity contribution in [2.75, 3.05) is 10.6 Å². The monoisotopic (exact) mass is 606 g/mol. The van der Waals surface area contributed by atoms with Gasteiger partial charge in [-0.1, -0.05) is 72.8 Å². The van der Waals surface area contributed by atoms with Crippen LogP contribution in [-0.4, -0.2) is 20.1 Å². The van der Waals surface area contributed by atoms with Gasteiger partial charge in [-0.15, -0.1) is 0 Å². The van der Waals surface area contributed by atoms with E-state index in [9.17, 15) is 8.42 Å². The number of rotatable bonds is 8. The van der Waals surface area contributed by atoms with E-state index in [0.29, 0.717) is 11.7 Å². The largest absolute Gasteiger partial charge is 0.340 e. The smallest absolute Gasteiger partial charge is 0.206 e. The molecule has 0 bridgehead atoms. The minimum absolute atomic E-state index is 0.193. The van der Waals surface area contributed by atoms with Crippen molar-refractivity contribution in [1.29, 1.82) is 0 Å². The van der Waals surface area contributed by atoms with Gasteiger partial charge in [-0.05, 0) is 97.1 Å². The van der Waals surface area contributed by atoms with Gasteiger partial charge < -0.3 is 10.6 Å². The van der Waals surface area contributed by atoms with Crippen molar-refractivity contribution in [3.8, 4) is 0 Å². The Morgan fingerprint density at radius 1 is 0.400 bits per heavy atom. The zero-order valence-electron chi connectivity index (χ0n) is 24.3. The topological polar surface area (TPSA) is 82.9 Å². The quantitative estimate of drug-likeness (QED) is 0.134. The summed E-state index contributed by atoms with van der Waals surface area (Å²) < 4.78 is 27.3. The number of anilines is 2. The Hall–Kier alpha value is -5.79. The van der Waals surface area contributed by atoms with Crippen molar-refractivity contribution in [1.82, 2.24) is 0 Å². The molecule has 0 aliphatic carbocycles. The molecule has 6 nitrogen and oxygen atoms in total. The summed E-state index contributed by atoms with van der Waals surface area (Å²) in [7, 11) is -3.78. The zero-order valence-corrected chi connectivity index (χ0v) is 25.1. The number of aliphatic imine (C=N–C) groups is 2. The Balaban J connectivity index is 1.28. The van der Waals surface area contributed by atoms with Gasteiger partial charge in [0.2, 0.25) is 9.84 Å². The summed E-state index contributed by atoms with van der Waals surface area (Å²) in [4.78, 5) is 9.98. The first-order chi connectivity index (χ1) is 22.0.